The molecule has 0 fully saturated rings. The monoisotopic (exact) mass is 949 g/mol. The molecule has 0 heterocycles. The van der Waals surface area contributed by atoms with Crippen LogP contribution in [0.1, 0.15) is 61.3 Å². The van der Waals surface area contributed by atoms with Crippen LogP contribution in [0.25, 0.3) is 11.1 Å². The highest BCUT2D eigenvalue weighted by molar-refractivity contribution is 5.98. The van der Waals surface area contributed by atoms with Crippen molar-refractivity contribution in [1.82, 2.24) is 26.6 Å². The first-order chi connectivity index (χ1) is 33.7. The number of amides is 6. The second kappa shape index (κ2) is 27.2. The molecule has 0 saturated heterocycles. The van der Waals surface area contributed by atoms with Crippen molar-refractivity contribution in [2.24, 2.45) is 5.73 Å². The summed E-state index contributed by atoms with van der Waals surface area (Å²) in [5.41, 5.74) is 11.5. The molecule has 0 saturated carbocycles. The molecule has 0 aromatic heterocycles. The number of carboxylic acids is 1. The minimum Gasteiger partial charge on any atom is -0.480 e. The number of anilines is 1. The summed E-state index contributed by atoms with van der Waals surface area (Å²) in [6.45, 7) is 7.88. The molecule has 0 radical (unpaired) electrons. The second-order valence-electron chi connectivity index (χ2n) is 17.2. The van der Waals surface area contributed by atoms with E-state index < -0.39 is 71.6 Å². The largest absolute Gasteiger partial charge is 0.480 e. The van der Waals surface area contributed by atoms with Crippen molar-refractivity contribution < 1.29 is 38.7 Å². The molecule has 5 unspecified atom stereocenters. The molecule has 5 aromatic carbocycles. The molecule has 15 heteroatoms. The third-order valence-electron chi connectivity index (χ3n) is 11.5. The topological polar surface area (TPSA) is 238 Å². The molecule has 9 N–H and O–H groups in total. The van der Waals surface area contributed by atoms with Gasteiger partial charge in [-0.25, -0.2) is 4.79 Å². The van der Waals surface area contributed by atoms with Gasteiger partial charge in [0, 0.05) is 31.4 Å². The molecule has 5 atom stereocenters. The van der Waals surface area contributed by atoms with Crippen LogP contribution in [0.4, 0.5) is 5.69 Å². The van der Waals surface area contributed by atoms with Crippen LogP contribution in [0.2, 0.25) is 0 Å². The highest BCUT2D eigenvalue weighted by atomic mass is 16.4. The summed E-state index contributed by atoms with van der Waals surface area (Å²) in [6.07, 6.45) is 0.882. The number of nitrogens with two attached hydrogens (primary N) is 1. The summed E-state index contributed by atoms with van der Waals surface area (Å²) in [5, 5.41) is 26.0. The Balaban J connectivity index is 1.40. The Labute approximate surface area is 409 Å². The van der Waals surface area contributed by atoms with Crippen molar-refractivity contribution in [1.29, 1.82) is 0 Å². The lowest BCUT2D eigenvalue weighted by Crippen LogP contribution is -2.59. The molecule has 15 nitrogen and oxygen atoms in total. The highest BCUT2D eigenvalue weighted by Gasteiger charge is 2.33. The fourth-order valence-electron chi connectivity index (χ4n) is 7.56. The normalized spacial score (nSPS) is 13.0. The number of carbonyl (C=O) groups is 7. The van der Waals surface area contributed by atoms with Crippen LogP contribution >= 0.6 is 0 Å². The summed E-state index contributed by atoms with van der Waals surface area (Å²) in [7, 11) is 0. The van der Waals surface area contributed by atoms with Gasteiger partial charge in [-0.3, -0.25) is 28.8 Å². The summed E-state index contributed by atoms with van der Waals surface area (Å²) in [5.74, 6) is -5.20. The van der Waals surface area contributed by atoms with Crippen molar-refractivity contribution in [2.75, 3.05) is 11.9 Å². The van der Waals surface area contributed by atoms with E-state index in [4.69, 9.17) is 5.73 Å². The number of unbranched alkanes of at least 4 members (excludes halogenated alkanes) is 1. The standard InChI is InChI=1S/C55H63N7O8/c1-36-22-28-44(29-23-36)58-48(63)30-31-49(64)62-50(37(2)33-39-15-7-4-8-16-39)54(68)61-47(35-41-24-26-43(27-25-41)42-19-11-6-12-20-42)53(67)60-46(34-40-17-9-5-10-18-40)52(66)57-38(3)51(65)59-45(55(69)70)21-13-14-32-56/h4-12,15-20,22-29,38,45-47,50H,2,13-14,21,30-35,56H2,1,3H3,(H,57,66)(H,58,63)(H,59,65)(H,60,67)(H,61,68)(H,62,64)(H,69,70). The van der Waals surface area contributed by atoms with Crippen LogP contribution in [0, 0.1) is 6.92 Å². The lowest BCUT2D eigenvalue weighted by molar-refractivity contribution is -0.142. The van der Waals surface area contributed by atoms with Gasteiger partial charge in [-0.2, -0.15) is 0 Å². The van der Waals surface area contributed by atoms with E-state index in [1.54, 1.807) is 42.5 Å². The van der Waals surface area contributed by atoms with E-state index in [-0.39, 0.29) is 38.5 Å². The second-order valence-corrected chi connectivity index (χ2v) is 17.2. The number of rotatable bonds is 26. The van der Waals surface area contributed by atoms with E-state index >= 15 is 0 Å². The van der Waals surface area contributed by atoms with Gasteiger partial charge in [-0.1, -0.05) is 140 Å². The Morgan fingerprint density at radius 1 is 0.543 bits per heavy atom. The fourth-order valence-corrected chi connectivity index (χ4v) is 7.56. The number of hydrogen-bond donors (Lipinski definition) is 8. The predicted molar refractivity (Wildman–Crippen MR) is 270 cm³/mol. The van der Waals surface area contributed by atoms with E-state index in [9.17, 15) is 38.7 Å². The third kappa shape index (κ3) is 17.3. The van der Waals surface area contributed by atoms with E-state index in [2.05, 4.69) is 38.5 Å². The molecule has 6 amide bonds. The quantitative estimate of drug-likeness (QED) is 0.0264. The molecule has 0 aliphatic heterocycles. The molecule has 70 heavy (non-hydrogen) atoms. The van der Waals surface area contributed by atoms with Gasteiger partial charge in [0.2, 0.25) is 35.4 Å². The van der Waals surface area contributed by atoms with Crippen molar-refractivity contribution in [2.45, 2.75) is 95.4 Å². The molecule has 0 spiro atoms. The van der Waals surface area contributed by atoms with Gasteiger partial charge in [0.15, 0.2) is 0 Å². The Bertz CT molecular complexity index is 2540. The average Bonchev–Trinajstić information content (AvgIpc) is 3.35. The van der Waals surface area contributed by atoms with E-state index in [0.717, 1.165) is 22.3 Å². The van der Waals surface area contributed by atoms with Crippen LogP contribution < -0.4 is 37.6 Å². The number of nitrogens with one attached hydrogen (secondary N) is 6. The summed E-state index contributed by atoms with van der Waals surface area (Å²) in [6, 6.07) is 36.1. The van der Waals surface area contributed by atoms with E-state index in [0.29, 0.717) is 41.8 Å². The van der Waals surface area contributed by atoms with Crippen molar-refractivity contribution in [3.63, 3.8) is 0 Å². The number of benzene rings is 5. The van der Waals surface area contributed by atoms with Crippen LogP contribution in [0.5, 0.6) is 0 Å². The zero-order valence-corrected chi connectivity index (χ0v) is 39.6. The number of carbonyl (C=O) groups excluding carboxylic acids is 6. The molecule has 5 rings (SSSR count). The van der Waals surface area contributed by atoms with Crippen LogP contribution in [0.3, 0.4) is 0 Å². The first-order valence-corrected chi connectivity index (χ1v) is 23.4. The highest BCUT2D eigenvalue weighted by Crippen LogP contribution is 2.21. The summed E-state index contributed by atoms with van der Waals surface area (Å²) in [4.78, 5) is 95.0. The van der Waals surface area contributed by atoms with E-state index in [1.807, 2.05) is 104 Å². The maximum Gasteiger partial charge on any atom is 0.326 e. The Kier molecular flexibility index (Phi) is 20.6. The van der Waals surface area contributed by atoms with Crippen LogP contribution in [-0.2, 0) is 52.8 Å². The molecule has 0 bridgehead atoms. The molecule has 366 valence electrons. The summed E-state index contributed by atoms with van der Waals surface area (Å²) < 4.78 is 0. The van der Waals surface area contributed by atoms with Crippen LogP contribution in [0.15, 0.2) is 152 Å². The maximum absolute atomic E-state index is 14.7. The Hall–Kier alpha value is -7.91. The zero-order chi connectivity index (χ0) is 50.4. The van der Waals surface area contributed by atoms with Gasteiger partial charge in [-0.05, 0) is 91.6 Å². The summed E-state index contributed by atoms with van der Waals surface area (Å²) >= 11 is 0. The molecular formula is C55H63N7O8. The Morgan fingerprint density at radius 3 is 1.63 bits per heavy atom. The number of carboxylic acid groups (broad SMARTS) is 1. The maximum atomic E-state index is 14.7. The minimum atomic E-state index is -1.35. The van der Waals surface area contributed by atoms with Crippen LogP contribution in [-0.4, -0.2) is 83.3 Å². The molecule has 0 aliphatic carbocycles. The average molecular weight is 950 g/mol. The first-order valence-electron chi connectivity index (χ1n) is 23.4. The van der Waals surface area contributed by atoms with Crippen molar-refractivity contribution in [3.8, 4) is 11.1 Å². The SMILES string of the molecule is C=C(Cc1ccccc1)C(NC(=O)CCC(=O)Nc1ccc(C)cc1)C(=O)NC(Cc1ccc(-c2ccccc2)cc1)C(=O)NC(Cc1ccccc1)C(=O)NC(C)C(=O)NC(CCCCN)C(=O)O. The zero-order valence-electron chi connectivity index (χ0n) is 39.6. The number of hydrogen-bond acceptors (Lipinski definition) is 8. The van der Waals surface area contributed by atoms with Gasteiger partial charge < -0.3 is 42.7 Å². The number of aryl methyl sites for hydroxylation is 1. The first kappa shape index (κ1) is 53.1. The molecule has 0 aliphatic rings. The van der Waals surface area contributed by atoms with Gasteiger partial charge in [0.1, 0.15) is 30.2 Å². The lowest BCUT2D eigenvalue weighted by atomic mass is 9.97. The van der Waals surface area contributed by atoms with E-state index in [1.165, 1.54) is 6.92 Å². The molecular weight excluding hydrogens is 887 g/mol. The lowest BCUT2D eigenvalue weighted by Gasteiger charge is -2.27. The minimum absolute atomic E-state index is 0.0138. The van der Waals surface area contributed by atoms with Gasteiger partial charge in [0.05, 0.1) is 0 Å². The van der Waals surface area contributed by atoms with Gasteiger partial charge in [0.25, 0.3) is 0 Å². The van der Waals surface area contributed by atoms with Gasteiger partial charge in [-0.15, -0.1) is 0 Å². The Morgan fingerprint density at radius 2 is 1.04 bits per heavy atom. The molecule has 5 aromatic rings. The van der Waals surface area contributed by atoms with Crippen molar-refractivity contribution >= 4 is 47.1 Å². The van der Waals surface area contributed by atoms with Crippen molar-refractivity contribution in [3.05, 3.63) is 174 Å². The third-order valence-corrected chi connectivity index (χ3v) is 11.5. The smallest absolute Gasteiger partial charge is 0.326 e. The van der Waals surface area contributed by atoms with Gasteiger partial charge >= 0.3 is 5.97 Å². The predicted octanol–water partition coefficient (Wildman–Crippen LogP) is 5.32. The number of aliphatic carboxylic acids is 1. The fraction of sp³-hybridized carbons (Fsp3) is 0.291.